The Labute approximate surface area is 132 Å². The molecule has 0 aliphatic heterocycles. The average molecular weight is 331 g/mol. The van der Waals surface area contributed by atoms with Crippen LogP contribution in [0.25, 0.3) is 11.4 Å². The minimum atomic E-state index is -3.66. The number of benzene rings is 2. The van der Waals surface area contributed by atoms with E-state index in [4.69, 9.17) is 4.74 Å². The standard InChI is InChI=1S/C14H13N5O3S/c1-22-12-6-8-13(9-7-12)23(20,21)17-11-4-2-10(3-5-11)14-15-18-19-16-14/h2-9,17H,1H3,(H,15,16,18,19). The average Bonchev–Trinajstić information content (AvgIpc) is 3.10. The van der Waals surface area contributed by atoms with Gasteiger partial charge in [0.15, 0.2) is 0 Å². The summed E-state index contributed by atoms with van der Waals surface area (Å²) in [6.45, 7) is 0. The van der Waals surface area contributed by atoms with Crippen molar-refractivity contribution in [1.82, 2.24) is 20.6 Å². The number of anilines is 1. The zero-order valence-corrected chi connectivity index (χ0v) is 12.9. The molecule has 0 radical (unpaired) electrons. The van der Waals surface area contributed by atoms with Gasteiger partial charge in [-0.05, 0) is 53.7 Å². The van der Waals surface area contributed by atoms with Gasteiger partial charge in [0.1, 0.15) is 5.75 Å². The molecule has 0 fully saturated rings. The highest BCUT2D eigenvalue weighted by Gasteiger charge is 2.14. The Morgan fingerprint density at radius 2 is 1.74 bits per heavy atom. The highest BCUT2D eigenvalue weighted by molar-refractivity contribution is 7.92. The highest BCUT2D eigenvalue weighted by Crippen LogP contribution is 2.21. The third kappa shape index (κ3) is 3.29. The van der Waals surface area contributed by atoms with Crippen LogP contribution in [0.5, 0.6) is 5.75 Å². The Hall–Kier alpha value is -2.94. The second-order valence-electron chi connectivity index (χ2n) is 4.59. The molecular formula is C14H13N5O3S. The summed E-state index contributed by atoms with van der Waals surface area (Å²) in [6, 6.07) is 12.8. The first kappa shape index (κ1) is 15.0. The van der Waals surface area contributed by atoms with Crippen LogP contribution >= 0.6 is 0 Å². The lowest BCUT2D eigenvalue weighted by molar-refractivity contribution is 0.414. The van der Waals surface area contributed by atoms with Crippen molar-refractivity contribution >= 4 is 15.7 Å². The molecule has 23 heavy (non-hydrogen) atoms. The maximum Gasteiger partial charge on any atom is 0.261 e. The van der Waals surface area contributed by atoms with Crippen molar-refractivity contribution in [2.45, 2.75) is 4.90 Å². The number of H-pyrrole nitrogens is 1. The van der Waals surface area contributed by atoms with Gasteiger partial charge in [-0.3, -0.25) is 4.72 Å². The third-order valence-electron chi connectivity index (χ3n) is 3.11. The van der Waals surface area contributed by atoms with E-state index in [1.807, 2.05) is 0 Å². The van der Waals surface area contributed by atoms with Gasteiger partial charge in [0.2, 0.25) is 5.82 Å². The molecule has 3 aromatic rings. The molecule has 0 atom stereocenters. The lowest BCUT2D eigenvalue weighted by Gasteiger charge is -2.09. The Morgan fingerprint density at radius 1 is 1.04 bits per heavy atom. The SMILES string of the molecule is COc1ccc(S(=O)(=O)Nc2ccc(-c3nn[nH]n3)cc2)cc1. The Balaban J connectivity index is 1.79. The molecule has 0 saturated carbocycles. The number of hydrogen-bond acceptors (Lipinski definition) is 6. The quantitative estimate of drug-likeness (QED) is 0.736. The zero-order valence-electron chi connectivity index (χ0n) is 12.1. The van der Waals surface area contributed by atoms with E-state index in [0.29, 0.717) is 17.3 Å². The largest absolute Gasteiger partial charge is 0.497 e. The summed E-state index contributed by atoms with van der Waals surface area (Å²) >= 11 is 0. The Morgan fingerprint density at radius 3 is 2.30 bits per heavy atom. The van der Waals surface area contributed by atoms with E-state index in [0.717, 1.165) is 5.56 Å². The van der Waals surface area contributed by atoms with E-state index in [1.165, 1.54) is 19.2 Å². The molecule has 0 saturated heterocycles. The van der Waals surface area contributed by atoms with Crippen LogP contribution in [-0.4, -0.2) is 36.2 Å². The zero-order chi connectivity index (χ0) is 16.3. The monoisotopic (exact) mass is 331 g/mol. The van der Waals surface area contributed by atoms with E-state index in [1.54, 1.807) is 36.4 Å². The van der Waals surface area contributed by atoms with Gasteiger partial charge in [-0.25, -0.2) is 8.42 Å². The van der Waals surface area contributed by atoms with Gasteiger partial charge in [-0.1, -0.05) is 0 Å². The minimum absolute atomic E-state index is 0.153. The smallest absolute Gasteiger partial charge is 0.261 e. The molecule has 1 heterocycles. The van der Waals surface area contributed by atoms with Crippen LogP contribution in [-0.2, 0) is 10.0 Å². The molecule has 2 N–H and O–H groups in total. The number of nitrogens with one attached hydrogen (secondary N) is 2. The van der Waals surface area contributed by atoms with E-state index in [-0.39, 0.29) is 4.90 Å². The van der Waals surface area contributed by atoms with Crippen LogP contribution in [0.4, 0.5) is 5.69 Å². The molecule has 0 bridgehead atoms. The highest BCUT2D eigenvalue weighted by atomic mass is 32.2. The first-order valence-electron chi connectivity index (χ1n) is 6.59. The second kappa shape index (κ2) is 6.05. The normalized spacial score (nSPS) is 11.2. The minimum Gasteiger partial charge on any atom is -0.497 e. The number of aromatic amines is 1. The lowest BCUT2D eigenvalue weighted by atomic mass is 10.2. The predicted octanol–water partition coefficient (Wildman–Crippen LogP) is 1.68. The molecule has 118 valence electrons. The number of ether oxygens (including phenoxy) is 1. The molecule has 9 heteroatoms. The summed E-state index contributed by atoms with van der Waals surface area (Å²) in [5.74, 6) is 1.03. The molecule has 0 amide bonds. The van der Waals surface area contributed by atoms with Gasteiger partial charge in [-0.2, -0.15) is 5.21 Å². The summed E-state index contributed by atoms with van der Waals surface area (Å²) in [6.07, 6.45) is 0. The van der Waals surface area contributed by atoms with E-state index in [9.17, 15) is 8.42 Å². The summed E-state index contributed by atoms with van der Waals surface area (Å²) < 4.78 is 32.2. The van der Waals surface area contributed by atoms with Crippen LogP contribution in [0, 0.1) is 0 Å². The summed E-state index contributed by atoms with van der Waals surface area (Å²) in [4.78, 5) is 0.153. The molecule has 0 unspecified atom stereocenters. The summed E-state index contributed by atoms with van der Waals surface area (Å²) in [5, 5.41) is 13.5. The van der Waals surface area contributed by atoms with Gasteiger partial charge in [0, 0.05) is 11.3 Å². The van der Waals surface area contributed by atoms with Crippen LogP contribution in [0.3, 0.4) is 0 Å². The number of aromatic nitrogens is 4. The fourth-order valence-electron chi connectivity index (χ4n) is 1.94. The predicted molar refractivity (Wildman–Crippen MR) is 83.4 cm³/mol. The van der Waals surface area contributed by atoms with Crippen molar-refractivity contribution in [1.29, 1.82) is 0 Å². The number of nitrogens with zero attached hydrogens (tertiary/aromatic N) is 3. The molecule has 0 aliphatic rings. The van der Waals surface area contributed by atoms with Crippen molar-refractivity contribution in [3.63, 3.8) is 0 Å². The van der Waals surface area contributed by atoms with E-state index in [2.05, 4.69) is 25.3 Å². The van der Waals surface area contributed by atoms with Gasteiger partial charge >= 0.3 is 0 Å². The molecular weight excluding hydrogens is 318 g/mol. The van der Waals surface area contributed by atoms with Crippen molar-refractivity contribution in [2.75, 3.05) is 11.8 Å². The van der Waals surface area contributed by atoms with Crippen LogP contribution < -0.4 is 9.46 Å². The van der Waals surface area contributed by atoms with Crippen LogP contribution in [0.1, 0.15) is 0 Å². The van der Waals surface area contributed by atoms with Crippen molar-refractivity contribution in [2.24, 2.45) is 0 Å². The molecule has 2 aromatic carbocycles. The summed E-state index contributed by atoms with van der Waals surface area (Å²) in [7, 11) is -2.14. The number of tetrazole rings is 1. The van der Waals surface area contributed by atoms with Gasteiger partial charge < -0.3 is 4.74 Å². The first-order chi connectivity index (χ1) is 11.1. The van der Waals surface area contributed by atoms with E-state index >= 15 is 0 Å². The fraction of sp³-hybridized carbons (Fsp3) is 0.0714. The van der Waals surface area contributed by atoms with Crippen molar-refractivity contribution < 1.29 is 13.2 Å². The fourth-order valence-corrected chi connectivity index (χ4v) is 3.00. The number of rotatable bonds is 5. The number of hydrogen-bond donors (Lipinski definition) is 2. The van der Waals surface area contributed by atoms with Gasteiger partial charge in [0.25, 0.3) is 10.0 Å². The molecule has 8 nitrogen and oxygen atoms in total. The van der Waals surface area contributed by atoms with E-state index < -0.39 is 10.0 Å². The maximum absolute atomic E-state index is 12.3. The van der Waals surface area contributed by atoms with Crippen molar-refractivity contribution in [3.05, 3.63) is 48.5 Å². The van der Waals surface area contributed by atoms with Gasteiger partial charge in [-0.15, -0.1) is 10.2 Å². The Kier molecular flexibility index (Phi) is 3.94. The molecule has 0 spiro atoms. The summed E-state index contributed by atoms with van der Waals surface area (Å²) in [5.41, 5.74) is 1.17. The maximum atomic E-state index is 12.3. The number of methoxy groups -OCH3 is 1. The topological polar surface area (TPSA) is 110 Å². The molecule has 3 rings (SSSR count). The van der Waals surface area contributed by atoms with Gasteiger partial charge in [0.05, 0.1) is 12.0 Å². The van der Waals surface area contributed by atoms with Crippen LogP contribution in [0.15, 0.2) is 53.4 Å². The third-order valence-corrected chi connectivity index (χ3v) is 4.51. The van der Waals surface area contributed by atoms with Crippen LogP contribution in [0.2, 0.25) is 0 Å². The van der Waals surface area contributed by atoms with Crippen molar-refractivity contribution in [3.8, 4) is 17.1 Å². The molecule has 0 aliphatic carbocycles. The first-order valence-corrected chi connectivity index (χ1v) is 8.07. The lowest BCUT2D eigenvalue weighted by Crippen LogP contribution is -2.12. The number of sulfonamides is 1. The second-order valence-corrected chi connectivity index (χ2v) is 6.28. The molecule has 1 aromatic heterocycles. The Bertz CT molecular complexity index is 875.